The van der Waals surface area contributed by atoms with Crippen molar-refractivity contribution >= 4 is 11.9 Å². The van der Waals surface area contributed by atoms with Gasteiger partial charge in [-0.05, 0) is 144 Å². The molecule has 1 N–H and O–H groups in total. The van der Waals surface area contributed by atoms with Gasteiger partial charge in [0, 0.05) is 18.3 Å². The minimum absolute atomic E-state index is 0.0529. The second-order valence-corrected chi connectivity index (χ2v) is 20.3. The van der Waals surface area contributed by atoms with Crippen LogP contribution >= 0.6 is 0 Å². The summed E-state index contributed by atoms with van der Waals surface area (Å²) in [6.45, 7) is 12.4. The zero-order valence-corrected chi connectivity index (χ0v) is 40.3. The minimum atomic E-state index is -0.640. The highest BCUT2D eigenvalue weighted by Gasteiger charge is 2.62. The summed E-state index contributed by atoms with van der Waals surface area (Å²) in [6.07, 6.45) is 53.2. The first-order valence-corrected chi connectivity index (χ1v) is 25.9. The van der Waals surface area contributed by atoms with E-state index in [0.29, 0.717) is 25.2 Å². The number of rotatable bonds is 32. The minimum Gasteiger partial charge on any atom is -0.465 e. The van der Waals surface area contributed by atoms with Gasteiger partial charge in [-0.25, -0.2) is 0 Å². The summed E-state index contributed by atoms with van der Waals surface area (Å²) in [5.41, 5.74) is 0.826. The molecule has 348 valence electrons. The number of carbonyl (C=O) groups excluding carboxylic acids is 2. The molecule has 61 heavy (non-hydrogen) atoms. The second-order valence-electron chi connectivity index (χ2n) is 20.3. The highest BCUT2D eigenvalue weighted by atomic mass is 16.5. The highest BCUT2D eigenvalue weighted by Crippen LogP contribution is 2.66. The molecule has 2 saturated carbocycles. The third-order valence-electron chi connectivity index (χ3n) is 15.0. The van der Waals surface area contributed by atoms with Crippen molar-refractivity contribution < 1.29 is 24.2 Å². The van der Waals surface area contributed by atoms with E-state index in [9.17, 15) is 14.7 Å². The van der Waals surface area contributed by atoms with E-state index >= 15 is 0 Å². The summed E-state index contributed by atoms with van der Waals surface area (Å²) in [4.78, 5) is 26.1. The van der Waals surface area contributed by atoms with Crippen molar-refractivity contribution in [3.63, 3.8) is 0 Å². The van der Waals surface area contributed by atoms with Crippen molar-refractivity contribution in [1.82, 2.24) is 0 Å². The normalized spacial score (nSPS) is 25.2. The molecule has 3 rings (SSSR count). The number of carbonyl (C=O) groups is 2. The Hall–Kier alpha value is -2.40. The smallest absolute Gasteiger partial charge is 0.306 e. The van der Waals surface area contributed by atoms with E-state index in [2.05, 4.69) is 89.3 Å². The van der Waals surface area contributed by atoms with Gasteiger partial charge in [0.15, 0.2) is 0 Å². The molecule has 3 aliphatic carbocycles. The van der Waals surface area contributed by atoms with Gasteiger partial charge in [-0.3, -0.25) is 9.59 Å². The van der Waals surface area contributed by atoms with Gasteiger partial charge in [-0.1, -0.05) is 160 Å². The van der Waals surface area contributed by atoms with E-state index in [1.165, 1.54) is 89.9 Å². The van der Waals surface area contributed by atoms with Crippen molar-refractivity contribution in [3.05, 3.63) is 60.3 Å². The maximum atomic E-state index is 13.2. The van der Waals surface area contributed by atoms with E-state index in [-0.39, 0.29) is 41.9 Å². The lowest BCUT2D eigenvalue weighted by atomic mass is 9.42. The summed E-state index contributed by atoms with van der Waals surface area (Å²) >= 11 is 0. The largest absolute Gasteiger partial charge is 0.465 e. The molecule has 0 bridgehead atoms. The van der Waals surface area contributed by atoms with Gasteiger partial charge in [0.05, 0.1) is 12.7 Å². The lowest BCUT2D eigenvalue weighted by Crippen LogP contribution is -2.60. The lowest BCUT2D eigenvalue weighted by Gasteiger charge is -2.63. The average Bonchev–Trinajstić information content (AvgIpc) is 3.38. The number of hydrogen-bond donors (Lipinski definition) is 1. The van der Waals surface area contributed by atoms with Gasteiger partial charge in [0.1, 0.15) is 6.61 Å². The zero-order valence-electron chi connectivity index (χ0n) is 40.3. The fraction of sp³-hybridized carbons (Fsp3) is 0.786. The van der Waals surface area contributed by atoms with Crippen molar-refractivity contribution in [3.8, 4) is 0 Å². The summed E-state index contributed by atoms with van der Waals surface area (Å²) in [7, 11) is 0. The van der Waals surface area contributed by atoms with E-state index in [0.717, 1.165) is 95.5 Å². The third kappa shape index (κ3) is 19.5. The molecule has 0 spiro atoms. The quantitative estimate of drug-likeness (QED) is 0.0415. The maximum absolute atomic E-state index is 13.2. The van der Waals surface area contributed by atoms with E-state index in [1.54, 1.807) is 0 Å². The Morgan fingerprint density at radius 2 is 1.11 bits per heavy atom. The third-order valence-corrected chi connectivity index (χ3v) is 15.0. The SMILES string of the molecule is CCCCCC=CCC=CCCCCCCCC(=O)OCC1=CCC2C3(C)CCCC(C)(C)C3CCC2(COC(=O)CCCCCCCC=CCC=CCCCCC)C(O)C1. The standard InChI is InChI=1S/C56H94O5/c1-6-8-10-12-14-16-18-20-22-24-26-28-30-32-34-37-52(58)60-46-48-39-40-50-55(5)43-36-42-54(3,4)49(55)41-44-56(50,51(57)45-48)47-61-53(59)38-35-33-31-29-27-25-23-21-19-17-15-13-11-9-7-2/h14-17,20-23,39,49-51,57H,6-13,18-19,24-38,40-47H2,1-5H3. The Morgan fingerprint density at radius 1 is 0.623 bits per heavy atom. The number of unbranched alkanes of at least 4 members (excludes halogenated alkanes) is 16. The molecule has 0 heterocycles. The number of allylic oxidation sites excluding steroid dienone is 9. The van der Waals surface area contributed by atoms with Crippen LogP contribution in [0.1, 0.15) is 234 Å². The Kier molecular flexibility index (Phi) is 26.6. The first-order valence-electron chi connectivity index (χ1n) is 25.9. The van der Waals surface area contributed by atoms with Crippen molar-refractivity contribution in [2.45, 2.75) is 240 Å². The molecule has 0 aliphatic heterocycles. The number of aliphatic hydroxyl groups excluding tert-OH is 1. The number of ether oxygens (including phenoxy) is 2. The fourth-order valence-electron chi connectivity index (χ4n) is 11.4. The second kappa shape index (κ2) is 30.6. The monoisotopic (exact) mass is 847 g/mol. The van der Waals surface area contributed by atoms with Gasteiger partial charge in [0.25, 0.3) is 0 Å². The van der Waals surface area contributed by atoms with Crippen molar-refractivity contribution in [2.24, 2.45) is 28.1 Å². The van der Waals surface area contributed by atoms with Crippen LogP contribution in [0.25, 0.3) is 0 Å². The number of fused-ring (bicyclic) bond motifs is 3. The molecule has 0 saturated heterocycles. The lowest BCUT2D eigenvalue weighted by molar-refractivity contribution is -0.193. The molecule has 0 amide bonds. The predicted molar refractivity (Wildman–Crippen MR) is 258 cm³/mol. The molecule has 5 atom stereocenters. The maximum Gasteiger partial charge on any atom is 0.306 e. The zero-order chi connectivity index (χ0) is 44.1. The Labute approximate surface area is 376 Å². The molecule has 2 fully saturated rings. The summed E-state index contributed by atoms with van der Waals surface area (Å²) in [5, 5.41) is 12.2. The molecule has 0 aromatic rings. The van der Waals surface area contributed by atoms with Gasteiger partial charge in [0.2, 0.25) is 0 Å². The van der Waals surface area contributed by atoms with Crippen LogP contribution in [0.4, 0.5) is 0 Å². The topological polar surface area (TPSA) is 72.8 Å². The highest BCUT2D eigenvalue weighted by molar-refractivity contribution is 5.69. The number of hydrogen-bond acceptors (Lipinski definition) is 5. The van der Waals surface area contributed by atoms with Crippen LogP contribution in [0.15, 0.2) is 60.3 Å². The van der Waals surface area contributed by atoms with Gasteiger partial charge in [-0.2, -0.15) is 0 Å². The molecule has 3 aliphatic rings. The molecule has 0 radical (unpaired) electrons. The summed E-state index contributed by atoms with van der Waals surface area (Å²) < 4.78 is 12.0. The molecule has 5 heteroatoms. The molecule has 0 aromatic carbocycles. The average molecular weight is 847 g/mol. The van der Waals surface area contributed by atoms with Gasteiger partial charge < -0.3 is 14.6 Å². The van der Waals surface area contributed by atoms with Crippen LogP contribution in [0.3, 0.4) is 0 Å². The van der Waals surface area contributed by atoms with Crippen LogP contribution in [0, 0.1) is 28.1 Å². The summed E-state index contributed by atoms with van der Waals surface area (Å²) in [5.74, 6) is 0.513. The van der Waals surface area contributed by atoms with E-state index in [1.807, 2.05) is 0 Å². The first kappa shape index (κ1) is 52.9. The van der Waals surface area contributed by atoms with Crippen LogP contribution in [-0.4, -0.2) is 36.4 Å². The van der Waals surface area contributed by atoms with Crippen LogP contribution in [0.2, 0.25) is 0 Å². The first-order chi connectivity index (χ1) is 29.6. The Morgan fingerprint density at radius 3 is 1.66 bits per heavy atom. The van der Waals surface area contributed by atoms with Crippen molar-refractivity contribution in [1.29, 1.82) is 0 Å². The number of esters is 2. The molecular weight excluding hydrogens is 753 g/mol. The van der Waals surface area contributed by atoms with Crippen molar-refractivity contribution in [2.75, 3.05) is 13.2 Å². The molecule has 5 unspecified atom stereocenters. The Bertz CT molecular complexity index is 1350. The fourth-order valence-corrected chi connectivity index (χ4v) is 11.4. The van der Waals surface area contributed by atoms with Gasteiger partial charge >= 0.3 is 11.9 Å². The van der Waals surface area contributed by atoms with E-state index < -0.39 is 11.5 Å². The summed E-state index contributed by atoms with van der Waals surface area (Å²) in [6, 6.07) is 0. The molecule has 5 nitrogen and oxygen atoms in total. The number of aliphatic hydroxyl groups is 1. The molecule has 0 aromatic heterocycles. The van der Waals surface area contributed by atoms with E-state index in [4.69, 9.17) is 9.47 Å². The van der Waals surface area contributed by atoms with Crippen LogP contribution < -0.4 is 0 Å². The predicted octanol–water partition coefficient (Wildman–Crippen LogP) is 16.0. The van der Waals surface area contributed by atoms with Crippen LogP contribution in [-0.2, 0) is 19.1 Å². The van der Waals surface area contributed by atoms with Gasteiger partial charge in [-0.15, -0.1) is 0 Å². The van der Waals surface area contributed by atoms with Crippen LogP contribution in [0.5, 0.6) is 0 Å². The Balaban J connectivity index is 1.40. The molecular formula is C56H94O5.